The number of urea groups is 1. The molecular weight excluding hydrogens is 302 g/mol. The predicted molar refractivity (Wildman–Crippen MR) is 95.2 cm³/mol. The van der Waals surface area contributed by atoms with Gasteiger partial charge in [-0.2, -0.15) is 0 Å². The van der Waals surface area contributed by atoms with Gasteiger partial charge in [-0.1, -0.05) is 13.0 Å². The van der Waals surface area contributed by atoms with Gasteiger partial charge >= 0.3 is 6.03 Å². The minimum atomic E-state index is -0.106. The van der Waals surface area contributed by atoms with Gasteiger partial charge in [0.25, 0.3) is 0 Å². The first-order chi connectivity index (χ1) is 11.4. The molecule has 0 spiro atoms. The van der Waals surface area contributed by atoms with Gasteiger partial charge in [0.2, 0.25) is 5.91 Å². The van der Waals surface area contributed by atoms with Gasteiger partial charge in [0, 0.05) is 31.7 Å². The molecule has 2 fully saturated rings. The molecule has 2 aliphatic heterocycles. The van der Waals surface area contributed by atoms with E-state index < -0.39 is 0 Å². The standard InChI is InChI=1S/C19H27N3O2/c1-13-6-8-21(9-7-13)19(24)20-16-11-18(23)22(12-16)17-5-4-14(2)15(3)10-17/h4-5,10,13,16H,6-9,11-12H2,1-3H3,(H,20,24)/t16-/m0/s1. The number of anilines is 1. The first-order valence-electron chi connectivity index (χ1n) is 8.87. The topological polar surface area (TPSA) is 52.7 Å². The zero-order chi connectivity index (χ0) is 17.3. The predicted octanol–water partition coefficient (Wildman–Crippen LogP) is 2.85. The van der Waals surface area contributed by atoms with Crippen molar-refractivity contribution in [3.8, 4) is 0 Å². The van der Waals surface area contributed by atoms with Crippen LogP contribution in [-0.4, -0.2) is 42.5 Å². The third-order valence-electron chi connectivity index (χ3n) is 5.33. The van der Waals surface area contributed by atoms with Gasteiger partial charge in [-0.25, -0.2) is 4.79 Å². The highest BCUT2D eigenvalue weighted by Gasteiger charge is 2.33. The number of carbonyl (C=O) groups excluding carboxylic acids is 2. The molecule has 130 valence electrons. The van der Waals surface area contributed by atoms with Crippen LogP contribution in [0.15, 0.2) is 18.2 Å². The summed E-state index contributed by atoms with van der Waals surface area (Å²) in [6.07, 6.45) is 2.50. The number of amides is 3. The van der Waals surface area contributed by atoms with Crippen molar-refractivity contribution in [3.63, 3.8) is 0 Å². The number of rotatable bonds is 2. The molecule has 3 rings (SSSR count). The van der Waals surface area contributed by atoms with E-state index in [4.69, 9.17) is 0 Å². The monoisotopic (exact) mass is 329 g/mol. The van der Waals surface area contributed by atoms with Crippen molar-refractivity contribution in [2.24, 2.45) is 5.92 Å². The minimum Gasteiger partial charge on any atom is -0.333 e. The van der Waals surface area contributed by atoms with Crippen molar-refractivity contribution >= 4 is 17.6 Å². The number of nitrogens with one attached hydrogen (secondary N) is 1. The largest absolute Gasteiger partial charge is 0.333 e. The maximum Gasteiger partial charge on any atom is 0.317 e. The summed E-state index contributed by atoms with van der Waals surface area (Å²) in [6.45, 7) is 8.52. The zero-order valence-electron chi connectivity index (χ0n) is 14.8. The summed E-state index contributed by atoms with van der Waals surface area (Å²) in [5, 5.41) is 3.04. The van der Waals surface area contributed by atoms with E-state index in [-0.39, 0.29) is 18.0 Å². The molecule has 1 aromatic carbocycles. The summed E-state index contributed by atoms with van der Waals surface area (Å²) in [5.74, 6) is 0.776. The van der Waals surface area contributed by atoms with Crippen molar-refractivity contribution < 1.29 is 9.59 Å². The fourth-order valence-corrected chi connectivity index (χ4v) is 3.42. The van der Waals surface area contributed by atoms with E-state index in [1.165, 1.54) is 11.1 Å². The Balaban J connectivity index is 1.60. The Morgan fingerprint density at radius 3 is 2.54 bits per heavy atom. The van der Waals surface area contributed by atoms with E-state index in [9.17, 15) is 9.59 Å². The molecule has 5 heteroatoms. The quantitative estimate of drug-likeness (QED) is 0.907. The molecule has 1 N–H and O–H groups in total. The van der Waals surface area contributed by atoms with Crippen LogP contribution in [0.1, 0.15) is 37.3 Å². The van der Waals surface area contributed by atoms with E-state index in [0.717, 1.165) is 31.6 Å². The van der Waals surface area contributed by atoms with E-state index >= 15 is 0 Å². The van der Waals surface area contributed by atoms with E-state index in [2.05, 4.69) is 26.1 Å². The maximum atomic E-state index is 12.4. The molecule has 0 aliphatic carbocycles. The lowest BCUT2D eigenvalue weighted by Crippen LogP contribution is -2.48. The molecule has 1 aromatic rings. The van der Waals surface area contributed by atoms with Crippen LogP contribution in [0, 0.1) is 19.8 Å². The highest BCUT2D eigenvalue weighted by atomic mass is 16.2. The van der Waals surface area contributed by atoms with Crippen molar-refractivity contribution in [2.75, 3.05) is 24.5 Å². The lowest BCUT2D eigenvalue weighted by Gasteiger charge is -2.31. The highest BCUT2D eigenvalue weighted by Crippen LogP contribution is 2.24. The second-order valence-electron chi connectivity index (χ2n) is 7.29. The van der Waals surface area contributed by atoms with Gasteiger partial charge in [-0.05, 0) is 55.9 Å². The molecule has 0 radical (unpaired) electrons. The van der Waals surface area contributed by atoms with E-state index in [0.29, 0.717) is 18.9 Å². The van der Waals surface area contributed by atoms with Crippen LogP contribution in [0.2, 0.25) is 0 Å². The lowest BCUT2D eigenvalue weighted by molar-refractivity contribution is -0.117. The second-order valence-corrected chi connectivity index (χ2v) is 7.29. The zero-order valence-corrected chi connectivity index (χ0v) is 14.8. The third-order valence-corrected chi connectivity index (χ3v) is 5.33. The number of likely N-dealkylation sites (tertiary alicyclic amines) is 1. The Hall–Kier alpha value is -2.04. The number of nitrogens with zero attached hydrogens (tertiary/aromatic N) is 2. The molecule has 5 nitrogen and oxygen atoms in total. The van der Waals surface area contributed by atoms with Crippen LogP contribution in [0.3, 0.4) is 0 Å². The molecule has 0 bridgehead atoms. The SMILES string of the molecule is Cc1ccc(N2C[C@@H](NC(=O)N3CCC(C)CC3)CC2=O)cc1C. The summed E-state index contributed by atoms with van der Waals surface area (Å²) in [7, 11) is 0. The van der Waals surface area contributed by atoms with Gasteiger partial charge < -0.3 is 15.1 Å². The van der Waals surface area contributed by atoms with E-state index in [1.807, 2.05) is 23.1 Å². The van der Waals surface area contributed by atoms with Gasteiger partial charge in [-0.15, -0.1) is 0 Å². The summed E-state index contributed by atoms with van der Waals surface area (Å²) in [6, 6.07) is 5.94. The molecule has 2 saturated heterocycles. The molecule has 2 heterocycles. The third kappa shape index (κ3) is 3.55. The van der Waals surface area contributed by atoms with E-state index in [1.54, 1.807) is 4.90 Å². The van der Waals surface area contributed by atoms with Crippen LogP contribution < -0.4 is 10.2 Å². The lowest BCUT2D eigenvalue weighted by atomic mass is 10.00. The highest BCUT2D eigenvalue weighted by molar-refractivity contribution is 5.96. The first kappa shape index (κ1) is 16.8. The number of carbonyl (C=O) groups is 2. The molecular formula is C19H27N3O2. The van der Waals surface area contributed by atoms with Gasteiger partial charge in [0.1, 0.15) is 0 Å². The van der Waals surface area contributed by atoms with Crippen LogP contribution in [-0.2, 0) is 4.79 Å². The summed E-state index contributed by atoms with van der Waals surface area (Å²) < 4.78 is 0. The van der Waals surface area contributed by atoms with Gasteiger partial charge in [0.15, 0.2) is 0 Å². The van der Waals surface area contributed by atoms with Crippen LogP contribution in [0.5, 0.6) is 0 Å². The number of hydrogen-bond donors (Lipinski definition) is 1. The summed E-state index contributed by atoms with van der Waals surface area (Å²) >= 11 is 0. The van der Waals surface area contributed by atoms with Crippen LogP contribution in [0.4, 0.5) is 10.5 Å². The molecule has 1 atom stereocenters. The fraction of sp³-hybridized carbons (Fsp3) is 0.579. The molecule has 3 amide bonds. The average molecular weight is 329 g/mol. The van der Waals surface area contributed by atoms with Crippen molar-refractivity contribution in [1.82, 2.24) is 10.2 Å². The summed E-state index contributed by atoms with van der Waals surface area (Å²) in [5.41, 5.74) is 3.32. The summed E-state index contributed by atoms with van der Waals surface area (Å²) in [4.78, 5) is 28.4. The number of aryl methyl sites for hydroxylation is 2. The minimum absolute atomic E-state index is 0.0263. The molecule has 0 saturated carbocycles. The Labute approximate surface area is 144 Å². The van der Waals surface area contributed by atoms with Crippen LogP contribution >= 0.6 is 0 Å². The molecule has 24 heavy (non-hydrogen) atoms. The average Bonchev–Trinajstić information content (AvgIpc) is 2.91. The van der Waals surface area contributed by atoms with Gasteiger partial charge in [-0.3, -0.25) is 4.79 Å². The second kappa shape index (κ2) is 6.83. The Kier molecular flexibility index (Phi) is 4.78. The van der Waals surface area contributed by atoms with Crippen molar-refractivity contribution in [2.45, 2.75) is 46.1 Å². The van der Waals surface area contributed by atoms with Crippen LogP contribution in [0.25, 0.3) is 0 Å². The van der Waals surface area contributed by atoms with Crippen molar-refractivity contribution in [1.29, 1.82) is 0 Å². The first-order valence-corrected chi connectivity index (χ1v) is 8.87. The Morgan fingerprint density at radius 1 is 1.17 bits per heavy atom. The number of benzene rings is 1. The van der Waals surface area contributed by atoms with Crippen molar-refractivity contribution in [3.05, 3.63) is 29.3 Å². The normalized spacial score (nSPS) is 22.1. The number of piperidine rings is 1. The molecule has 0 aromatic heterocycles. The number of hydrogen-bond acceptors (Lipinski definition) is 2. The molecule has 0 unspecified atom stereocenters. The Morgan fingerprint density at radius 2 is 1.88 bits per heavy atom. The fourth-order valence-electron chi connectivity index (χ4n) is 3.42. The molecule has 2 aliphatic rings. The maximum absolute atomic E-state index is 12.4. The smallest absolute Gasteiger partial charge is 0.317 e. The van der Waals surface area contributed by atoms with Gasteiger partial charge in [0.05, 0.1) is 6.04 Å². The Bertz CT molecular complexity index is 635.